The van der Waals surface area contributed by atoms with Gasteiger partial charge in [-0.05, 0) is 45.6 Å². The summed E-state index contributed by atoms with van der Waals surface area (Å²) in [6.07, 6.45) is 3.70. The highest BCUT2D eigenvalue weighted by molar-refractivity contribution is 4.98. The Labute approximate surface area is 119 Å². The van der Waals surface area contributed by atoms with Gasteiger partial charge in [0, 0.05) is 18.1 Å². The lowest BCUT2D eigenvalue weighted by molar-refractivity contribution is -0.188. The topological polar surface area (TPSA) is 29.3 Å². The Balaban J connectivity index is 2.00. The summed E-state index contributed by atoms with van der Waals surface area (Å²) in [7, 11) is 2.08. The van der Waals surface area contributed by atoms with Crippen LogP contribution in [0.15, 0.2) is 0 Å². The van der Waals surface area contributed by atoms with Gasteiger partial charge in [-0.1, -0.05) is 19.3 Å². The van der Waals surface area contributed by atoms with Crippen LogP contribution in [0.3, 0.4) is 0 Å². The molecule has 0 aromatic rings. The molecular weight excluding hydrogens is 265 g/mol. The molecule has 0 aromatic heterocycles. The zero-order valence-electron chi connectivity index (χ0n) is 12.4. The lowest BCUT2D eigenvalue weighted by atomic mass is 9.74. The molecule has 0 atom stereocenters. The van der Waals surface area contributed by atoms with Crippen molar-refractivity contribution in [2.75, 3.05) is 13.6 Å². The SMILES string of the molecule is CN(C1CCCCC1)C1(CN)CCC(C(F)(F)F)CC1. The Hall–Kier alpha value is -0.290. The van der Waals surface area contributed by atoms with Gasteiger partial charge in [-0.15, -0.1) is 0 Å². The predicted molar refractivity (Wildman–Crippen MR) is 74.4 cm³/mol. The molecule has 0 heterocycles. The second-order valence-electron chi connectivity index (χ2n) is 6.65. The molecule has 0 radical (unpaired) electrons. The molecule has 2 aliphatic carbocycles. The summed E-state index contributed by atoms with van der Waals surface area (Å²) in [4.78, 5) is 2.33. The molecule has 2 fully saturated rings. The van der Waals surface area contributed by atoms with Gasteiger partial charge in [0.15, 0.2) is 0 Å². The van der Waals surface area contributed by atoms with Crippen molar-refractivity contribution in [1.82, 2.24) is 4.90 Å². The van der Waals surface area contributed by atoms with Crippen LogP contribution in [0, 0.1) is 5.92 Å². The van der Waals surface area contributed by atoms with E-state index in [1.54, 1.807) is 0 Å². The largest absolute Gasteiger partial charge is 0.391 e. The lowest BCUT2D eigenvalue weighted by Crippen LogP contribution is -2.58. The van der Waals surface area contributed by atoms with E-state index < -0.39 is 12.1 Å². The summed E-state index contributed by atoms with van der Waals surface area (Å²) in [5.74, 6) is -1.12. The van der Waals surface area contributed by atoms with Gasteiger partial charge in [-0.3, -0.25) is 4.90 Å². The Morgan fingerprint density at radius 3 is 2.05 bits per heavy atom. The van der Waals surface area contributed by atoms with E-state index in [0.29, 0.717) is 25.4 Å². The average molecular weight is 292 g/mol. The summed E-state index contributed by atoms with van der Waals surface area (Å²) < 4.78 is 38.4. The van der Waals surface area contributed by atoms with Crippen molar-refractivity contribution < 1.29 is 13.2 Å². The van der Waals surface area contributed by atoms with E-state index in [1.165, 1.54) is 32.1 Å². The molecule has 5 heteroatoms. The molecule has 0 unspecified atom stereocenters. The monoisotopic (exact) mass is 292 g/mol. The average Bonchev–Trinajstić information content (AvgIpc) is 2.46. The van der Waals surface area contributed by atoms with Crippen LogP contribution in [0.2, 0.25) is 0 Å². The lowest BCUT2D eigenvalue weighted by Gasteiger charge is -2.50. The standard InChI is InChI=1S/C15H27F3N2/c1-20(13-5-3-2-4-6-13)14(11-19)9-7-12(8-10-14)15(16,17)18/h12-13H,2-11,19H2,1H3. The molecule has 2 aliphatic rings. The molecule has 0 bridgehead atoms. The van der Waals surface area contributed by atoms with Crippen LogP contribution in [0.4, 0.5) is 13.2 Å². The van der Waals surface area contributed by atoms with E-state index in [1.807, 2.05) is 0 Å². The van der Waals surface area contributed by atoms with Crippen molar-refractivity contribution >= 4 is 0 Å². The predicted octanol–water partition coefficient (Wildman–Crippen LogP) is 3.70. The summed E-state index contributed by atoms with van der Waals surface area (Å²) in [5, 5.41) is 0. The van der Waals surface area contributed by atoms with E-state index in [9.17, 15) is 13.2 Å². The van der Waals surface area contributed by atoms with Gasteiger partial charge in [-0.2, -0.15) is 13.2 Å². The van der Waals surface area contributed by atoms with E-state index >= 15 is 0 Å². The highest BCUT2D eigenvalue weighted by Crippen LogP contribution is 2.44. The zero-order chi connectivity index (χ0) is 14.8. The van der Waals surface area contributed by atoms with Crippen molar-refractivity contribution in [3.63, 3.8) is 0 Å². The number of nitrogens with two attached hydrogens (primary N) is 1. The molecule has 2 nitrogen and oxygen atoms in total. The molecule has 0 saturated heterocycles. The van der Waals surface area contributed by atoms with Crippen molar-refractivity contribution in [2.45, 2.75) is 75.5 Å². The highest BCUT2D eigenvalue weighted by atomic mass is 19.4. The summed E-state index contributed by atoms with van der Waals surface area (Å²) in [5.41, 5.74) is 5.77. The first-order valence-corrected chi connectivity index (χ1v) is 7.89. The first-order chi connectivity index (χ1) is 9.39. The summed E-state index contributed by atoms with van der Waals surface area (Å²) in [6, 6.07) is 0.509. The fourth-order valence-corrected chi connectivity index (χ4v) is 4.04. The maximum absolute atomic E-state index is 12.8. The molecule has 118 valence electrons. The molecule has 0 aromatic carbocycles. The van der Waals surface area contributed by atoms with Crippen molar-refractivity contribution in [1.29, 1.82) is 0 Å². The van der Waals surface area contributed by atoms with Crippen LogP contribution in [0.5, 0.6) is 0 Å². The van der Waals surface area contributed by atoms with Crippen molar-refractivity contribution in [2.24, 2.45) is 11.7 Å². The number of likely N-dealkylation sites (N-methyl/N-ethyl adjacent to an activating group) is 1. The smallest absolute Gasteiger partial charge is 0.329 e. The molecule has 20 heavy (non-hydrogen) atoms. The van der Waals surface area contributed by atoms with Gasteiger partial charge in [0.05, 0.1) is 5.92 Å². The van der Waals surface area contributed by atoms with E-state index in [2.05, 4.69) is 11.9 Å². The van der Waals surface area contributed by atoms with Crippen molar-refractivity contribution in [3.05, 3.63) is 0 Å². The second-order valence-corrected chi connectivity index (χ2v) is 6.65. The Morgan fingerprint density at radius 2 is 1.60 bits per heavy atom. The van der Waals surface area contributed by atoms with Crippen LogP contribution in [0.1, 0.15) is 57.8 Å². The molecular formula is C15H27F3N2. The zero-order valence-corrected chi connectivity index (χ0v) is 12.4. The number of halogens is 3. The van der Waals surface area contributed by atoms with E-state index in [4.69, 9.17) is 5.73 Å². The third-order valence-corrected chi connectivity index (χ3v) is 5.63. The molecule has 0 aliphatic heterocycles. The van der Waals surface area contributed by atoms with Crippen LogP contribution in [-0.2, 0) is 0 Å². The first kappa shape index (κ1) is 16.1. The van der Waals surface area contributed by atoms with Gasteiger partial charge in [-0.25, -0.2) is 0 Å². The Kier molecular flexibility index (Phi) is 5.00. The minimum atomic E-state index is -4.04. The van der Waals surface area contributed by atoms with Crippen LogP contribution >= 0.6 is 0 Å². The van der Waals surface area contributed by atoms with E-state index in [-0.39, 0.29) is 18.4 Å². The maximum atomic E-state index is 12.8. The number of nitrogens with zero attached hydrogens (tertiary/aromatic N) is 1. The fourth-order valence-electron chi connectivity index (χ4n) is 4.04. The number of alkyl halides is 3. The second kappa shape index (κ2) is 6.22. The first-order valence-electron chi connectivity index (χ1n) is 7.89. The van der Waals surface area contributed by atoms with Crippen LogP contribution in [0.25, 0.3) is 0 Å². The van der Waals surface area contributed by atoms with Gasteiger partial charge in [0.25, 0.3) is 0 Å². The molecule has 0 amide bonds. The minimum absolute atomic E-state index is 0.205. The highest BCUT2D eigenvalue weighted by Gasteiger charge is 2.47. The molecule has 2 N–H and O–H groups in total. The molecule has 2 rings (SSSR count). The summed E-state index contributed by atoms with van der Waals surface area (Å²) >= 11 is 0. The number of rotatable bonds is 3. The van der Waals surface area contributed by atoms with Gasteiger partial charge >= 0.3 is 6.18 Å². The van der Waals surface area contributed by atoms with Crippen LogP contribution in [-0.4, -0.2) is 36.2 Å². The Morgan fingerprint density at radius 1 is 1.05 bits per heavy atom. The Bertz CT molecular complexity index is 303. The fraction of sp³-hybridized carbons (Fsp3) is 1.00. The maximum Gasteiger partial charge on any atom is 0.391 e. The van der Waals surface area contributed by atoms with Crippen LogP contribution < -0.4 is 5.73 Å². The molecule has 0 spiro atoms. The third-order valence-electron chi connectivity index (χ3n) is 5.63. The van der Waals surface area contributed by atoms with Crippen molar-refractivity contribution in [3.8, 4) is 0 Å². The van der Waals surface area contributed by atoms with Gasteiger partial charge < -0.3 is 5.73 Å². The summed E-state index contributed by atoms with van der Waals surface area (Å²) in [6.45, 7) is 0.477. The number of hydrogen-bond acceptors (Lipinski definition) is 2. The quantitative estimate of drug-likeness (QED) is 0.859. The molecule has 2 saturated carbocycles. The van der Waals surface area contributed by atoms with Gasteiger partial charge in [0.1, 0.15) is 0 Å². The minimum Gasteiger partial charge on any atom is -0.329 e. The van der Waals surface area contributed by atoms with Gasteiger partial charge in [0.2, 0.25) is 0 Å². The normalized spacial score (nSPS) is 33.6. The third kappa shape index (κ3) is 3.30. The van der Waals surface area contributed by atoms with E-state index in [0.717, 1.165) is 0 Å². The number of hydrogen-bond donors (Lipinski definition) is 1.